The zero-order valence-electron chi connectivity index (χ0n) is 5.43. The van der Waals surface area contributed by atoms with Crippen molar-refractivity contribution in [3.8, 4) is 0 Å². The number of hydrogen-bond acceptors (Lipinski definition) is 5. The summed E-state index contributed by atoms with van der Waals surface area (Å²) in [6.45, 7) is -0.0999. The highest BCUT2D eigenvalue weighted by molar-refractivity contribution is 5.70. The van der Waals surface area contributed by atoms with Gasteiger partial charge in [-0.25, -0.2) is 10.3 Å². The van der Waals surface area contributed by atoms with Gasteiger partial charge < -0.3 is 4.84 Å². The van der Waals surface area contributed by atoms with Crippen molar-refractivity contribution >= 4 is 5.97 Å². The van der Waals surface area contributed by atoms with Gasteiger partial charge >= 0.3 is 5.97 Å². The van der Waals surface area contributed by atoms with Crippen molar-refractivity contribution in [2.45, 2.75) is 0 Å². The Morgan fingerprint density at radius 2 is 2.11 bits per heavy atom. The second-order valence-corrected chi connectivity index (χ2v) is 1.17. The lowest BCUT2D eigenvalue weighted by Gasteiger charge is -1.99. The number of carbonyl (C=O) groups is 1. The maximum absolute atomic E-state index is 10.4. The van der Waals surface area contributed by atoms with Crippen LogP contribution in [-0.2, 0) is 14.5 Å². The molecule has 0 rings (SSSR count). The molecule has 0 saturated heterocycles. The number of hydrogen-bond donors (Lipinski definition) is 2. The first-order valence-electron chi connectivity index (χ1n) is 2.46. The molecule has 0 heterocycles. The van der Waals surface area contributed by atoms with Crippen LogP contribution in [0, 0.1) is 0 Å². The molecule has 0 saturated carbocycles. The van der Waals surface area contributed by atoms with E-state index < -0.39 is 5.97 Å². The summed E-state index contributed by atoms with van der Waals surface area (Å²) in [5, 5.41) is 0. The number of rotatable bonds is 4. The van der Waals surface area contributed by atoms with Crippen molar-refractivity contribution in [3.63, 3.8) is 0 Å². The molecule has 0 aromatic heterocycles. The van der Waals surface area contributed by atoms with Crippen LogP contribution < -0.4 is 11.0 Å². The fourth-order valence-corrected chi connectivity index (χ4v) is 0.274. The molecular weight excluding hydrogens is 124 g/mol. The Morgan fingerprint density at radius 3 is 2.56 bits per heavy atom. The Bertz CT molecular complexity index is 85.9. The Morgan fingerprint density at radius 1 is 1.44 bits per heavy atom. The minimum Gasteiger partial charge on any atom is -0.369 e. The van der Waals surface area contributed by atoms with E-state index in [-0.39, 0.29) is 6.61 Å². The molecule has 0 bridgehead atoms. The lowest BCUT2D eigenvalue weighted by Crippen LogP contribution is -2.22. The lowest BCUT2D eigenvalue weighted by molar-refractivity contribution is -0.157. The largest absolute Gasteiger partial charge is 0.369 e. The van der Waals surface area contributed by atoms with Crippen LogP contribution >= 0.6 is 0 Å². The molecule has 2 N–H and O–H groups in total. The molecule has 0 aromatic carbocycles. The molecule has 0 aliphatic heterocycles. The maximum atomic E-state index is 10.4. The van der Waals surface area contributed by atoms with Crippen molar-refractivity contribution in [1.82, 2.24) is 11.0 Å². The predicted molar refractivity (Wildman–Crippen MR) is 30.2 cm³/mol. The van der Waals surface area contributed by atoms with E-state index >= 15 is 0 Å². The quantitative estimate of drug-likeness (QED) is 0.474. The van der Waals surface area contributed by atoms with E-state index in [2.05, 4.69) is 20.6 Å². The third-order valence-corrected chi connectivity index (χ3v) is 0.550. The molecule has 0 spiro atoms. The summed E-state index contributed by atoms with van der Waals surface area (Å²) in [5.41, 5.74) is 4.55. The van der Waals surface area contributed by atoms with Crippen LogP contribution in [0.3, 0.4) is 0 Å². The van der Waals surface area contributed by atoms with Gasteiger partial charge in [-0.05, 0) is 0 Å². The molecule has 0 aliphatic rings. The van der Waals surface area contributed by atoms with Crippen LogP contribution in [0.4, 0.5) is 0 Å². The van der Waals surface area contributed by atoms with Crippen molar-refractivity contribution < 1.29 is 14.5 Å². The normalized spacial score (nSPS) is 9.11. The summed E-state index contributed by atoms with van der Waals surface area (Å²) in [7, 11) is 3.06. The number of nitrogens with one attached hydrogen (secondary N) is 2. The number of hydroxylamine groups is 2. The Hall–Kier alpha value is -0.650. The van der Waals surface area contributed by atoms with Crippen molar-refractivity contribution in [2.24, 2.45) is 0 Å². The summed E-state index contributed by atoms with van der Waals surface area (Å²) in [6, 6.07) is 0. The smallest absolute Gasteiger partial charge is 0.352 e. The molecule has 0 fully saturated rings. The average molecular weight is 134 g/mol. The first kappa shape index (κ1) is 8.35. The van der Waals surface area contributed by atoms with E-state index in [0.29, 0.717) is 0 Å². The predicted octanol–water partition coefficient (Wildman–Crippen LogP) is -1.18. The fraction of sp³-hybridized carbons (Fsp3) is 0.750. The molecule has 0 amide bonds. The standard InChI is InChI=1S/C4H10N2O3/c1-5-8-3-4(7)9-6-2/h5-6H,3H2,1-2H3. The Balaban J connectivity index is 3.06. The second-order valence-electron chi connectivity index (χ2n) is 1.17. The molecule has 9 heavy (non-hydrogen) atoms. The van der Waals surface area contributed by atoms with Crippen LogP contribution in [0.2, 0.25) is 0 Å². The molecule has 5 heteroatoms. The van der Waals surface area contributed by atoms with Gasteiger partial charge in [0.2, 0.25) is 0 Å². The number of carbonyl (C=O) groups excluding carboxylic acids is 1. The maximum Gasteiger partial charge on any atom is 0.352 e. The third-order valence-electron chi connectivity index (χ3n) is 0.550. The summed E-state index contributed by atoms with van der Waals surface area (Å²) in [5.74, 6) is -0.466. The van der Waals surface area contributed by atoms with E-state index in [9.17, 15) is 4.79 Å². The van der Waals surface area contributed by atoms with Gasteiger partial charge in [-0.2, -0.15) is 5.48 Å². The van der Waals surface area contributed by atoms with Gasteiger partial charge in [0, 0.05) is 14.1 Å². The Kier molecular flexibility index (Phi) is 5.09. The summed E-state index contributed by atoms with van der Waals surface area (Å²) < 4.78 is 0. The molecule has 0 radical (unpaired) electrons. The van der Waals surface area contributed by atoms with Crippen LogP contribution in [-0.4, -0.2) is 26.7 Å². The minimum absolute atomic E-state index is 0.0999. The van der Waals surface area contributed by atoms with E-state index in [1.165, 1.54) is 7.05 Å². The zero-order chi connectivity index (χ0) is 7.11. The summed E-state index contributed by atoms with van der Waals surface area (Å²) in [4.78, 5) is 19.1. The zero-order valence-corrected chi connectivity index (χ0v) is 5.43. The van der Waals surface area contributed by atoms with E-state index in [0.717, 1.165) is 0 Å². The van der Waals surface area contributed by atoms with Gasteiger partial charge in [-0.1, -0.05) is 0 Å². The highest BCUT2D eigenvalue weighted by Gasteiger charge is 1.98. The topological polar surface area (TPSA) is 59.6 Å². The molecule has 0 aromatic rings. The molecule has 0 atom stereocenters. The van der Waals surface area contributed by atoms with Gasteiger partial charge in [-0.15, -0.1) is 0 Å². The van der Waals surface area contributed by atoms with Gasteiger partial charge in [-0.3, -0.25) is 4.84 Å². The highest BCUT2D eigenvalue weighted by atomic mass is 16.7. The van der Waals surface area contributed by atoms with Crippen LogP contribution in [0.25, 0.3) is 0 Å². The van der Waals surface area contributed by atoms with Gasteiger partial charge in [0.25, 0.3) is 0 Å². The van der Waals surface area contributed by atoms with Crippen LogP contribution in [0.1, 0.15) is 0 Å². The first-order valence-corrected chi connectivity index (χ1v) is 2.46. The van der Waals surface area contributed by atoms with Crippen molar-refractivity contribution in [2.75, 3.05) is 20.7 Å². The third kappa shape index (κ3) is 5.22. The second kappa shape index (κ2) is 5.49. The van der Waals surface area contributed by atoms with Gasteiger partial charge in [0.1, 0.15) is 0 Å². The molecule has 0 unspecified atom stereocenters. The molecular formula is C4H10N2O3. The SMILES string of the molecule is CNOCC(=O)ONC. The van der Waals surface area contributed by atoms with Gasteiger partial charge in [0.15, 0.2) is 6.61 Å². The lowest BCUT2D eigenvalue weighted by atomic mass is 10.8. The van der Waals surface area contributed by atoms with Crippen LogP contribution in [0.5, 0.6) is 0 Å². The molecule has 0 aliphatic carbocycles. The molecule has 5 nitrogen and oxygen atoms in total. The van der Waals surface area contributed by atoms with E-state index in [1.807, 2.05) is 0 Å². The highest BCUT2D eigenvalue weighted by Crippen LogP contribution is 1.71. The van der Waals surface area contributed by atoms with E-state index in [4.69, 9.17) is 0 Å². The first-order chi connectivity index (χ1) is 4.31. The molecule has 54 valence electrons. The van der Waals surface area contributed by atoms with Crippen LogP contribution in [0.15, 0.2) is 0 Å². The van der Waals surface area contributed by atoms with Crippen molar-refractivity contribution in [1.29, 1.82) is 0 Å². The van der Waals surface area contributed by atoms with Gasteiger partial charge in [0.05, 0.1) is 0 Å². The van der Waals surface area contributed by atoms with E-state index in [1.54, 1.807) is 7.05 Å². The minimum atomic E-state index is -0.466. The average Bonchev–Trinajstić information content (AvgIpc) is 1.85. The summed E-state index contributed by atoms with van der Waals surface area (Å²) >= 11 is 0. The fourth-order valence-electron chi connectivity index (χ4n) is 0.274. The van der Waals surface area contributed by atoms with Crippen molar-refractivity contribution in [3.05, 3.63) is 0 Å². The monoisotopic (exact) mass is 134 g/mol. The summed E-state index contributed by atoms with van der Waals surface area (Å²) in [6.07, 6.45) is 0. The Labute approximate surface area is 53.2 Å².